The van der Waals surface area contributed by atoms with Crippen LogP contribution in [0.4, 0.5) is 10.1 Å². The molecule has 1 amide bonds. The molecule has 0 atom stereocenters. The third-order valence-electron chi connectivity index (χ3n) is 4.29. The molecule has 2 aromatic carbocycles. The lowest BCUT2D eigenvalue weighted by Gasteiger charge is -2.06. The van der Waals surface area contributed by atoms with Crippen molar-refractivity contribution in [2.45, 2.75) is 6.92 Å². The number of para-hydroxylation sites is 1. The zero-order chi connectivity index (χ0) is 21.3. The van der Waals surface area contributed by atoms with Crippen molar-refractivity contribution in [1.29, 1.82) is 0 Å². The van der Waals surface area contributed by atoms with Gasteiger partial charge in [0.05, 0.1) is 16.4 Å². The second-order valence-corrected chi connectivity index (χ2v) is 7.85. The Hall–Kier alpha value is -3.23. The van der Waals surface area contributed by atoms with Crippen LogP contribution >= 0.6 is 22.9 Å². The van der Waals surface area contributed by atoms with E-state index in [1.165, 1.54) is 35.6 Å². The fourth-order valence-corrected chi connectivity index (χ4v) is 4.15. The molecule has 6 nitrogen and oxygen atoms in total. The van der Waals surface area contributed by atoms with E-state index in [1.807, 2.05) is 25.1 Å². The summed E-state index contributed by atoms with van der Waals surface area (Å²) in [6, 6.07) is 14.3. The Morgan fingerprint density at radius 2 is 1.93 bits per heavy atom. The van der Waals surface area contributed by atoms with E-state index in [4.69, 9.17) is 16.3 Å². The highest BCUT2D eigenvalue weighted by Crippen LogP contribution is 2.32. The normalized spacial score (nSPS) is 10.9. The van der Waals surface area contributed by atoms with Gasteiger partial charge in [-0.15, -0.1) is 11.3 Å². The van der Waals surface area contributed by atoms with Gasteiger partial charge in [0.15, 0.2) is 6.61 Å². The molecule has 9 heteroatoms. The van der Waals surface area contributed by atoms with Crippen LogP contribution in [0, 0.1) is 12.7 Å². The maximum atomic E-state index is 12.9. The molecule has 0 saturated heterocycles. The van der Waals surface area contributed by atoms with Crippen molar-refractivity contribution >= 4 is 50.7 Å². The molecule has 0 spiro atoms. The zero-order valence-electron chi connectivity index (χ0n) is 15.7. The summed E-state index contributed by atoms with van der Waals surface area (Å²) in [6.07, 6.45) is 0. The molecule has 0 fully saturated rings. The number of fused-ring (bicyclic) bond motifs is 1. The number of esters is 1. The zero-order valence-corrected chi connectivity index (χ0v) is 17.3. The third-order valence-corrected chi connectivity index (χ3v) is 5.70. The van der Waals surface area contributed by atoms with Gasteiger partial charge in [0.25, 0.3) is 5.91 Å². The Morgan fingerprint density at radius 1 is 1.20 bits per heavy atom. The van der Waals surface area contributed by atoms with Crippen LogP contribution in [0.3, 0.4) is 0 Å². The van der Waals surface area contributed by atoms with Crippen LogP contribution < -0.4 is 5.32 Å². The van der Waals surface area contributed by atoms with Gasteiger partial charge in [-0.05, 0) is 49.4 Å². The summed E-state index contributed by atoms with van der Waals surface area (Å²) in [7, 11) is 0. The predicted molar refractivity (Wildman–Crippen MR) is 114 cm³/mol. The lowest BCUT2D eigenvalue weighted by atomic mass is 10.3. The number of aromatic nitrogens is 2. The average molecular weight is 444 g/mol. The number of carbonyl (C=O) groups excluding carboxylic acids is 2. The number of ether oxygens (including phenoxy) is 1. The van der Waals surface area contributed by atoms with Gasteiger partial charge in [0, 0.05) is 11.1 Å². The molecule has 4 aromatic rings. The van der Waals surface area contributed by atoms with Crippen molar-refractivity contribution in [3.05, 3.63) is 76.0 Å². The van der Waals surface area contributed by atoms with E-state index >= 15 is 0 Å². The largest absolute Gasteiger partial charge is 0.451 e. The van der Waals surface area contributed by atoms with Gasteiger partial charge in [-0.1, -0.05) is 23.7 Å². The number of benzene rings is 2. The first-order chi connectivity index (χ1) is 14.4. The molecule has 0 aliphatic carbocycles. The van der Waals surface area contributed by atoms with Gasteiger partial charge in [-0.3, -0.25) is 4.79 Å². The van der Waals surface area contributed by atoms with Gasteiger partial charge in [-0.25, -0.2) is 13.9 Å². The second kappa shape index (κ2) is 8.25. The Bertz CT molecular complexity index is 1250. The summed E-state index contributed by atoms with van der Waals surface area (Å²) in [5.74, 6) is -1.54. The lowest BCUT2D eigenvalue weighted by Crippen LogP contribution is -2.20. The van der Waals surface area contributed by atoms with Crippen molar-refractivity contribution in [1.82, 2.24) is 9.78 Å². The number of hydrogen-bond acceptors (Lipinski definition) is 5. The Morgan fingerprint density at radius 3 is 2.67 bits per heavy atom. The smallest absolute Gasteiger partial charge is 0.348 e. The minimum Gasteiger partial charge on any atom is -0.451 e. The number of hydrogen-bond donors (Lipinski definition) is 1. The van der Waals surface area contributed by atoms with Crippen molar-refractivity contribution in [2.24, 2.45) is 0 Å². The third kappa shape index (κ3) is 4.05. The topological polar surface area (TPSA) is 73.2 Å². The first kappa shape index (κ1) is 20.1. The summed E-state index contributed by atoms with van der Waals surface area (Å²) in [6.45, 7) is 1.38. The molecule has 0 bridgehead atoms. The van der Waals surface area contributed by atoms with Gasteiger partial charge >= 0.3 is 5.97 Å². The average Bonchev–Trinajstić information content (AvgIpc) is 3.29. The lowest BCUT2D eigenvalue weighted by molar-refractivity contribution is -0.119. The number of carbonyl (C=O) groups is 2. The number of aryl methyl sites for hydroxylation is 1. The SMILES string of the molecule is Cc1nn(-c2ccccc2Cl)c2sc(C(=O)OCC(=O)Nc3ccc(F)cc3)cc12. The molecule has 0 radical (unpaired) electrons. The maximum Gasteiger partial charge on any atom is 0.348 e. The molecule has 152 valence electrons. The fraction of sp³-hybridized carbons (Fsp3) is 0.0952. The molecular weight excluding hydrogens is 429 g/mol. The summed E-state index contributed by atoms with van der Waals surface area (Å²) in [5.41, 5.74) is 1.86. The highest BCUT2D eigenvalue weighted by atomic mass is 35.5. The molecule has 0 unspecified atom stereocenters. The standard InChI is InChI=1S/C21H15ClFN3O3S/c1-12-15-10-18(30-20(15)26(25-12)17-5-3-2-4-16(17)22)21(28)29-11-19(27)24-14-8-6-13(23)7-9-14/h2-10H,11H2,1H3,(H,24,27). The summed E-state index contributed by atoms with van der Waals surface area (Å²) in [5, 5.41) is 8.39. The number of halogens is 2. The van der Waals surface area contributed by atoms with Crippen LogP contribution in [0.5, 0.6) is 0 Å². The van der Waals surface area contributed by atoms with E-state index in [-0.39, 0.29) is 0 Å². The van der Waals surface area contributed by atoms with Crippen LogP contribution in [0.2, 0.25) is 5.02 Å². The fourth-order valence-electron chi connectivity index (χ4n) is 2.87. The van der Waals surface area contributed by atoms with Crippen LogP contribution in [0.1, 0.15) is 15.4 Å². The number of nitrogens with one attached hydrogen (secondary N) is 1. The van der Waals surface area contributed by atoms with Gasteiger partial charge in [-0.2, -0.15) is 5.10 Å². The molecule has 0 saturated carbocycles. The predicted octanol–water partition coefficient (Wildman–Crippen LogP) is 4.98. The van der Waals surface area contributed by atoms with Crippen LogP contribution in [0.15, 0.2) is 54.6 Å². The number of rotatable bonds is 5. The van der Waals surface area contributed by atoms with Crippen LogP contribution in [0.25, 0.3) is 15.9 Å². The monoisotopic (exact) mass is 443 g/mol. The molecule has 2 heterocycles. The van der Waals surface area contributed by atoms with E-state index in [0.717, 1.165) is 15.9 Å². The van der Waals surface area contributed by atoms with Gasteiger partial charge in [0.1, 0.15) is 15.5 Å². The van der Waals surface area contributed by atoms with Gasteiger partial charge in [0.2, 0.25) is 0 Å². The molecule has 0 aliphatic heterocycles. The van der Waals surface area contributed by atoms with E-state index in [9.17, 15) is 14.0 Å². The molecule has 2 aromatic heterocycles. The minimum absolute atomic E-state index is 0.348. The highest BCUT2D eigenvalue weighted by Gasteiger charge is 2.19. The summed E-state index contributed by atoms with van der Waals surface area (Å²) >= 11 is 7.49. The summed E-state index contributed by atoms with van der Waals surface area (Å²) < 4.78 is 19.7. The number of amides is 1. The minimum atomic E-state index is -0.615. The van der Waals surface area contributed by atoms with Crippen molar-refractivity contribution in [2.75, 3.05) is 11.9 Å². The van der Waals surface area contributed by atoms with E-state index in [1.54, 1.807) is 16.8 Å². The number of nitrogens with zero attached hydrogens (tertiary/aromatic N) is 2. The quantitative estimate of drug-likeness (QED) is 0.441. The second-order valence-electron chi connectivity index (χ2n) is 6.41. The van der Waals surface area contributed by atoms with E-state index < -0.39 is 24.3 Å². The van der Waals surface area contributed by atoms with E-state index in [0.29, 0.717) is 21.3 Å². The van der Waals surface area contributed by atoms with Crippen LogP contribution in [-0.2, 0) is 9.53 Å². The Balaban J connectivity index is 1.49. The molecule has 1 N–H and O–H groups in total. The molecular formula is C21H15ClFN3O3S. The van der Waals surface area contributed by atoms with Gasteiger partial charge < -0.3 is 10.1 Å². The Labute approximate surface area is 179 Å². The first-order valence-electron chi connectivity index (χ1n) is 8.89. The van der Waals surface area contributed by atoms with E-state index in [2.05, 4.69) is 10.4 Å². The highest BCUT2D eigenvalue weighted by molar-refractivity contribution is 7.20. The number of anilines is 1. The molecule has 4 rings (SSSR count). The summed E-state index contributed by atoms with van der Waals surface area (Å²) in [4.78, 5) is 25.5. The number of thiophene rings is 1. The van der Waals surface area contributed by atoms with Crippen molar-refractivity contribution in [3.8, 4) is 5.69 Å². The van der Waals surface area contributed by atoms with Crippen molar-refractivity contribution < 1.29 is 18.7 Å². The first-order valence-corrected chi connectivity index (χ1v) is 10.1. The molecule has 0 aliphatic rings. The van der Waals surface area contributed by atoms with Crippen molar-refractivity contribution in [3.63, 3.8) is 0 Å². The molecule has 30 heavy (non-hydrogen) atoms. The Kier molecular flexibility index (Phi) is 5.52. The maximum absolute atomic E-state index is 12.9. The van der Waals surface area contributed by atoms with Crippen LogP contribution in [-0.4, -0.2) is 28.3 Å².